The van der Waals surface area contributed by atoms with Gasteiger partial charge in [-0.05, 0) is 24.6 Å². The van der Waals surface area contributed by atoms with Gasteiger partial charge in [0.25, 0.3) is 0 Å². The van der Waals surface area contributed by atoms with Crippen molar-refractivity contribution in [2.45, 2.75) is 80.9 Å². The molecule has 3 heterocycles. The second-order valence-corrected chi connectivity index (χ2v) is 10.2. The van der Waals surface area contributed by atoms with Gasteiger partial charge in [0.1, 0.15) is 71.3 Å². The molecule has 3 aliphatic heterocycles. The molecule has 8 N–H and O–H groups in total. The molecule has 2 aromatic rings. The van der Waals surface area contributed by atoms with E-state index in [1.54, 1.807) is 12.1 Å². The maximum absolute atomic E-state index is 12.9. The molecule has 1 unspecified atom stereocenters. The zero-order chi connectivity index (χ0) is 29.6. The Morgan fingerprint density at radius 2 is 1.59 bits per heavy atom. The maximum atomic E-state index is 12.9. The highest BCUT2D eigenvalue weighted by Crippen LogP contribution is 2.43. The summed E-state index contributed by atoms with van der Waals surface area (Å²) in [6.45, 7) is 0.716. The molecule has 3 aliphatic rings. The fraction of sp³-hybridized carbons (Fsp3) is 0.519. The number of aliphatic hydroxyl groups excluding tert-OH is 6. The van der Waals surface area contributed by atoms with Crippen molar-refractivity contribution >= 4 is 5.78 Å². The van der Waals surface area contributed by atoms with Gasteiger partial charge in [-0.1, -0.05) is 12.1 Å². The van der Waals surface area contributed by atoms with Crippen molar-refractivity contribution in [1.82, 2.24) is 0 Å². The van der Waals surface area contributed by atoms with Crippen LogP contribution in [0.2, 0.25) is 0 Å². The number of aliphatic hydroxyl groups is 6. The first-order valence-corrected chi connectivity index (χ1v) is 13.0. The summed E-state index contributed by atoms with van der Waals surface area (Å²) in [5.41, 5.74) is 0.529. The highest BCUT2D eigenvalue weighted by Gasteiger charge is 2.51. The second kappa shape index (κ2) is 11.7. The van der Waals surface area contributed by atoms with Gasteiger partial charge in [-0.25, -0.2) is 0 Å². The largest absolute Gasteiger partial charge is 0.508 e. The van der Waals surface area contributed by atoms with E-state index < -0.39 is 85.7 Å². The Morgan fingerprint density at radius 1 is 0.878 bits per heavy atom. The van der Waals surface area contributed by atoms with E-state index in [-0.39, 0.29) is 29.2 Å². The van der Waals surface area contributed by atoms with Crippen LogP contribution in [0, 0.1) is 0 Å². The fourth-order valence-electron chi connectivity index (χ4n) is 5.07. The van der Waals surface area contributed by atoms with Crippen LogP contribution in [0.1, 0.15) is 35.4 Å². The quantitative estimate of drug-likeness (QED) is 0.202. The molecular formula is C27H32O14. The summed E-state index contributed by atoms with van der Waals surface area (Å²) in [4.78, 5) is 12.9. The summed E-state index contributed by atoms with van der Waals surface area (Å²) < 4.78 is 28.6. The zero-order valence-corrected chi connectivity index (χ0v) is 21.8. The number of ketones is 1. The molecule has 224 valence electrons. The number of Topliss-reactive ketones (excluding diaryl/α,β-unsaturated/α-hetero) is 1. The van der Waals surface area contributed by atoms with Gasteiger partial charge in [-0.3, -0.25) is 4.79 Å². The highest BCUT2D eigenvalue weighted by molar-refractivity contribution is 6.02. The monoisotopic (exact) mass is 580 g/mol. The van der Waals surface area contributed by atoms with Gasteiger partial charge in [0.2, 0.25) is 6.29 Å². The highest BCUT2D eigenvalue weighted by atomic mass is 16.8. The molecular weight excluding hydrogens is 548 g/mol. The third-order valence-corrected chi connectivity index (χ3v) is 7.42. The summed E-state index contributed by atoms with van der Waals surface area (Å²) in [5, 5.41) is 81.6. The number of ether oxygens (including phenoxy) is 5. The second-order valence-electron chi connectivity index (χ2n) is 10.2. The first kappa shape index (κ1) is 29.4. The summed E-state index contributed by atoms with van der Waals surface area (Å²) in [6.07, 6.45) is -16.0. The Balaban J connectivity index is 1.41. The van der Waals surface area contributed by atoms with Crippen LogP contribution in [0.4, 0.5) is 0 Å². The number of aromatic hydroxyl groups is 2. The van der Waals surface area contributed by atoms with Crippen molar-refractivity contribution in [3.8, 4) is 23.0 Å². The lowest BCUT2D eigenvalue weighted by atomic mass is 9.95. The van der Waals surface area contributed by atoms with E-state index in [0.717, 1.165) is 6.07 Å². The molecule has 0 radical (unpaired) electrons. The number of rotatable bonds is 6. The van der Waals surface area contributed by atoms with Crippen LogP contribution in [0.15, 0.2) is 36.4 Å². The molecule has 0 amide bonds. The van der Waals surface area contributed by atoms with E-state index >= 15 is 0 Å². The molecule has 5 rings (SSSR count). The van der Waals surface area contributed by atoms with Crippen molar-refractivity contribution in [2.24, 2.45) is 0 Å². The Labute approximate surface area is 233 Å². The molecule has 0 aromatic heterocycles. The Morgan fingerprint density at radius 3 is 2.27 bits per heavy atom. The molecule has 0 spiro atoms. The Hall–Kier alpha value is -3.05. The topological polar surface area (TPSA) is 225 Å². The van der Waals surface area contributed by atoms with Crippen LogP contribution in [-0.2, 0) is 14.2 Å². The molecule has 14 nitrogen and oxygen atoms in total. The number of carbonyl (C=O) groups is 1. The number of phenols is 2. The van der Waals surface area contributed by atoms with Crippen LogP contribution in [-0.4, -0.2) is 115 Å². The van der Waals surface area contributed by atoms with Crippen LogP contribution >= 0.6 is 0 Å². The first-order valence-electron chi connectivity index (χ1n) is 13.0. The third-order valence-electron chi connectivity index (χ3n) is 7.42. The van der Waals surface area contributed by atoms with Crippen molar-refractivity contribution in [1.29, 1.82) is 0 Å². The average Bonchev–Trinajstić information content (AvgIpc) is 2.94. The zero-order valence-electron chi connectivity index (χ0n) is 21.8. The number of hydrogen-bond donors (Lipinski definition) is 8. The molecule has 0 bridgehead atoms. The number of fused-ring (bicyclic) bond motifs is 1. The van der Waals surface area contributed by atoms with Crippen LogP contribution < -0.4 is 9.47 Å². The summed E-state index contributed by atoms with van der Waals surface area (Å²) >= 11 is 0. The van der Waals surface area contributed by atoms with Crippen molar-refractivity contribution < 1.29 is 69.3 Å². The van der Waals surface area contributed by atoms with Gasteiger partial charge in [-0.2, -0.15) is 0 Å². The molecule has 0 aliphatic carbocycles. The summed E-state index contributed by atoms with van der Waals surface area (Å²) in [5.74, 6) is -0.947. The van der Waals surface area contributed by atoms with Gasteiger partial charge in [0.15, 0.2) is 18.2 Å². The molecule has 2 fully saturated rings. The van der Waals surface area contributed by atoms with Gasteiger partial charge < -0.3 is 64.5 Å². The molecule has 2 aromatic carbocycles. The van der Waals surface area contributed by atoms with Crippen molar-refractivity contribution in [3.05, 3.63) is 47.5 Å². The van der Waals surface area contributed by atoms with E-state index in [0.29, 0.717) is 5.56 Å². The minimum Gasteiger partial charge on any atom is -0.508 e. The number of hydrogen-bond acceptors (Lipinski definition) is 14. The number of benzene rings is 2. The van der Waals surface area contributed by atoms with E-state index in [9.17, 15) is 45.6 Å². The Kier molecular flexibility index (Phi) is 8.39. The average molecular weight is 581 g/mol. The third kappa shape index (κ3) is 5.70. The maximum Gasteiger partial charge on any atom is 0.229 e. The van der Waals surface area contributed by atoms with E-state index in [1.165, 1.54) is 25.1 Å². The van der Waals surface area contributed by atoms with Crippen molar-refractivity contribution in [2.75, 3.05) is 6.61 Å². The fourth-order valence-corrected chi connectivity index (χ4v) is 5.07. The lowest BCUT2D eigenvalue weighted by molar-refractivity contribution is -0.354. The minimum absolute atomic E-state index is 0.0149. The van der Waals surface area contributed by atoms with Gasteiger partial charge in [0, 0.05) is 12.1 Å². The minimum atomic E-state index is -1.75. The molecule has 11 atom stereocenters. The van der Waals surface area contributed by atoms with Crippen LogP contribution in [0.3, 0.4) is 0 Å². The van der Waals surface area contributed by atoms with Gasteiger partial charge >= 0.3 is 0 Å². The number of carbonyl (C=O) groups excluding carboxylic acids is 1. The smallest absolute Gasteiger partial charge is 0.229 e. The summed E-state index contributed by atoms with van der Waals surface area (Å²) in [7, 11) is 0. The van der Waals surface area contributed by atoms with Crippen molar-refractivity contribution in [3.63, 3.8) is 0 Å². The normalized spacial score (nSPS) is 37.2. The first-order chi connectivity index (χ1) is 19.5. The van der Waals surface area contributed by atoms with E-state index in [4.69, 9.17) is 23.7 Å². The van der Waals surface area contributed by atoms with Gasteiger partial charge in [0.05, 0.1) is 19.1 Å². The molecule has 14 heteroatoms. The van der Waals surface area contributed by atoms with Gasteiger partial charge in [-0.15, -0.1) is 0 Å². The van der Waals surface area contributed by atoms with E-state index in [1.807, 2.05) is 0 Å². The molecule has 0 saturated carbocycles. The standard InChI is InChI=1S/C27H32O14/c1-10-20(32)22(34)24(36)26(37-10)41-25-23(35)21(33)18(9-28)40-27(25)38-13-6-14(30)19-15(31)8-16(39-17(19)7-13)11-2-4-12(29)5-3-11/h2-7,10,16,18,20-30,32-36H,8-9H2,1H3/t10-,16?,18+,20+,21-,22+,23-,24+,25+,26-,27+/m0/s1. The van der Waals surface area contributed by atoms with Crippen LogP contribution in [0.5, 0.6) is 23.0 Å². The predicted octanol–water partition coefficient (Wildman–Crippen LogP) is -1.17. The van der Waals surface area contributed by atoms with Crippen LogP contribution in [0.25, 0.3) is 0 Å². The predicted molar refractivity (Wildman–Crippen MR) is 134 cm³/mol. The molecule has 2 saturated heterocycles. The molecule has 41 heavy (non-hydrogen) atoms. The lowest BCUT2D eigenvalue weighted by Gasteiger charge is -2.45. The lowest BCUT2D eigenvalue weighted by Crippen LogP contribution is -2.64. The van der Waals surface area contributed by atoms with E-state index in [2.05, 4.69) is 0 Å². The summed E-state index contributed by atoms with van der Waals surface area (Å²) in [6, 6.07) is 8.50. The SMILES string of the molecule is C[C@@H]1O[C@@H](O[C@H]2[C@H](Oc3cc(O)c4c(c3)OC(c3ccc(O)cc3)CC4=O)O[C@H](CO)[C@H](O)[C@@H]2O)[C@H](O)[C@H](O)[C@@H]1O. The number of phenolic OH excluding ortho intramolecular Hbond substituents is 2. The Bertz CT molecular complexity index is 1240.